The van der Waals surface area contributed by atoms with E-state index in [1.54, 1.807) is 30.3 Å². The largest absolute Gasteiger partial charge is 0.471 e. The molecule has 0 saturated heterocycles. The minimum atomic E-state index is -2.91. The number of rotatable bonds is 6. The van der Waals surface area contributed by atoms with Crippen LogP contribution in [0, 0.1) is 0 Å². The lowest BCUT2D eigenvalue weighted by atomic mass is 10.1. The summed E-state index contributed by atoms with van der Waals surface area (Å²) < 4.78 is 30.5. The fourth-order valence-electron chi connectivity index (χ4n) is 2.64. The molecule has 2 aromatic rings. The number of aromatic nitrogens is 2. The van der Waals surface area contributed by atoms with Crippen LogP contribution >= 0.6 is 0 Å². The number of carbonyl (C=O) groups excluding carboxylic acids is 1. The van der Waals surface area contributed by atoms with E-state index in [4.69, 9.17) is 4.74 Å². The lowest BCUT2D eigenvalue weighted by molar-refractivity contribution is -0.0242. The molecule has 2 aromatic heterocycles. The Bertz CT molecular complexity index is 775. The van der Waals surface area contributed by atoms with Gasteiger partial charge in [-0.1, -0.05) is 6.07 Å². The number of carbonyl (C=O) groups is 1. The van der Waals surface area contributed by atoms with Crippen LogP contribution in [0.25, 0.3) is 0 Å². The molecule has 0 atom stereocenters. The van der Waals surface area contributed by atoms with Crippen LogP contribution in [0.3, 0.4) is 0 Å². The summed E-state index contributed by atoms with van der Waals surface area (Å²) in [5, 5.41) is 2.99. The third-order valence-corrected chi connectivity index (χ3v) is 3.80. The van der Waals surface area contributed by atoms with Gasteiger partial charge in [-0.25, -0.2) is 18.7 Å². The zero-order chi connectivity index (χ0) is 18.0. The van der Waals surface area contributed by atoms with Crippen LogP contribution in [0.4, 0.5) is 14.6 Å². The molecule has 3 rings (SSSR count). The maximum Gasteiger partial charge on any atom is 0.278 e. The quantitative estimate of drug-likeness (QED) is 0.869. The van der Waals surface area contributed by atoms with Crippen molar-refractivity contribution in [2.45, 2.75) is 25.9 Å². The third kappa shape index (κ3) is 3.84. The molecular weight excluding hydrogens is 330 g/mol. The van der Waals surface area contributed by atoms with Crippen LogP contribution in [0.1, 0.15) is 28.4 Å². The van der Waals surface area contributed by atoms with E-state index >= 15 is 0 Å². The summed E-state index contributed by atoms with van der Waals surface area (Å²) in [5.41, 5.74) is 2.29. The Kier molecular flexibility index (Phi) is 4.52. The number of hydrogen-bond donors (Lipinski definition) is 1. The van der Waals surface area contributed by atoms with Crippen LogP contribution < -0.4 is 10.1 Å². The van der Waals surface area contributed by atoms with Gasteiger partial charge < -0.3 is 15.0 Å². The first-order valence-electron chi connectivity index (χ1n) is 7.78. The maximum atomic E-state index is 12.8. The van der Waals surface area contributed by atoms with E-state index in [2.05, 4.69) is 15.3 Å². The standard InChI is InChI=1S/C17H18F2N4O2/c1-17(18,19)10-25-14-4-3-11(7-22-14)8-23-9-13-12(16(23)24)5-6-21-15(13)20-2/h3-7H,8-10H2,1-2H3,(H,20,21). The van der Waals surface area contributed by atoms with E-state index in [0.29, 0.717) is 24.5 Å². The highest BCUT2D eigenvalue weighted by Crippen LogP contribution is 2.28. The van der Waals surface area contributed by atoms with E-state index in [0.717, 1.165) is 18.1 Å². The zero-order valence-corrected chi connectivity index (χ0v) is 13.9. The molecule has 0 aliphatic carbocycles. The van der Waals surface area contributed by atoms with Gasteiger partial charge in [0, 0.05) is 50.1 Å². The lowest BCUT2D eigenvalue weighted by Gasteiger charge is -2.16. The topological polar surface area (TPSA) is 67.3 Å². The van der Waals surface area contributed by atoms with E-state index in [1.807, 2.05) is 0 Å². The van der Waals surface area contributed by atoms with Crippen molar-refractivity contribution in [2.24, 2.45) is 0 Å². The fraction of sp³-hybridized carbons (Fsp3) is 0.353. The summed E-state index contributed by atoms with van der Waals surface area (Å²) in [6.45, 7) is 0.887. The molecule has 8 heteroatoms. The van der Waals surface area contributed by atoms with E-state index in [1.165, 1.54) is 12.3 Å². The van der Waals surface area contributed by atoms with Gasteiger partial charge in [-0.2, -0.15) is 0 Å². The predicted octanol–water partition coefficient (Wildman–Crippen LogP) is 2.71. The lowest BCUT2D eigenvalue weighted by Crippen LogP contribution is -2.23. The molecular formula is C17H18F2N4O2. The van der Waals surface area contributed by atoms with Gasteiger partial charge in [0.1, 0.15) is 5.82 Å². The minimum Gasteiger partial charge on any atom is -0.471 e. The molecule has 1 N–H and O–H groups in total. The number of pyridine rings is 2. The van der Waals surface area contributed by atoms with Gasteiger partial charge in [0.2, 0.25) is 5.88 Å². The van der Waals surface area contributed by atoms with Gasteiger partial charge in [-0.15, -0.1) is 0 Å². The maximum absolute atomic E-state index is 12.8. The second kappa shape index (κ2) is 6.62. The Hall–Kier alpha value is -2.77. The van der Waals surface area contributed by atoms with Crippen molar-refractivity contribution in [3.63, 3.8) is 0 Å². The highest BCUT2D eigenvalue weighted by molar-refractivity contribution is 5.99. The van der Waals surface area contributed by atoms with Crippen LogP contribution in [0.2, 0.25) is 0 Å². The number of fused-ring (bicyclic) bond motifs is 1. The van der Waals surface area contributed by atoms with Gasteiger partial charge in [0.25, 0.3) is 11.8 Å². The Balaban J connectivity index is 1.67. The normalized spacial score (nSPS) is 13.8. The Morgan fingerprint density at radius 3 is 2.76 bits per heavy atom. The van der Waals surface area contributed by atoms with Crippen molar-refractivity contribution in [3.8, 4) is 5.88 Å². The molecule has 3 heterocycles. The van der Waals surface area contributed by atoms with Crippen LogP contribution in [0.5, 0.6) is 5.88 Å². The monoisotopic (exact) mass is 348 g/mol. The smallest absolute Gasteiger partial charge is 0.278 e. The first-order chi connectivity index (χ1) is 11.9. The van der Waals surface area contributed by atoms with Crippen molar-refractivity contribution < 1.29 is 18.3 Å². The number of halogens is 2. The Morgan fingerprint density at radius 1 is 1.32 bits per heavy atom. The summed E-state index contributed by atoms with van der Waals surface area (Å²) in [6, 6.07) is 4.94. The Morgan fingerprint density at radius 2 is 2.12 bits per heavy atom. The summed E-state index contributed by atoms with van der Waals surface area (Å²) in [4.78, 5) is 22.4. The van der Waals surface area contributed by atoms with E-state index < -0.39 is 12.5 Å². The summed E-state index contributed by atoms with van der Waals surface area (Å²) in [7, 11) is 1.76. The van der Waals surface area contributed by atoms with E-state index in [-0.39, 0.29) is 11.8 Å². The summed E-state index contributed by atoms with van der Waals surface area (Å²) in [5.74, 6) is -2.16. The molecule has 0 aromatic carbocycles. The molecule has 6 nitrogen and oxygen atoms in total. The first kappa shape index (κ1) is 17.1. The predicted molar refractivity (Wildman–Crippen MR) is 87.7 cm³/mol. The van der Waals surface area contributed by atoms with Crippen molar-refractivity contribution in [1.29, 1.82) is 0 Å². The number of nitrogens with one attached hydrogen (secondary N) is 1. The number of amides is 1. The van der Waals surface area contributed by atoms with Crippen molar-refractivity contribution in [1.82, 2.24) is 14.9 Å². The summed E-state index contributed by atoms with van der Waals surface area (Å²) >= 11 is 0. The molecule has 1 aliphatic rings. The van der Waals surface area contributed by atoms with Gasteiger partial charge in [0.05, 0.1) is 6.54 Å². The number of hydrogen-bond acceptors (Lipinski definition) is 5. The molecule has 132 valence electrons. The average molecular weight is 348 g/mol. The fourth-order valence-corrected chi connectivity index (χ4v) is 2.64. The number of alkyl halides is 2. The molecule has 0 fully saturated rings. The molecule has 0 unspecified atom stereocenters. The van der Waals surface area contributed by atoms with Gasteiger partial charge in [-0.05, 0) is 11.6 Å². The molecule has 0 saturated carbocycles. The Labute approximate surface area is 143 Å². The van der Waals surface area contributed by atoms with Gasteiger partial charge in [-0.3, -0.25) is 4.79 Å². The van der Waals surface area contributed by atoms with Crippen molar-refractivity contribution in [2.75, 3.05) is 19.0 Å². The average Bonchev–Trinajstić information content (AvgIpc) is 2.90. The van der Waals surface area contributed by atoms with Crippen LogP contribution in [0.15, 0.2) is 30.6 Å². The third-order valence-electron chi connectivity index (χ3n) is 3.80. The van der Waals surface area contributed by atoms with Crippen LogP contribution in [-0.2, 0) is 13.1 Å². The highest BCUT2D eigenvalue weighted by atomic mass is 19.3. The first-order valence-corrected chi connectivity index (χ1v) is 7.78. The molecule has 0 spiro atoms. The SMILES string of the molecule is CNc1nccc2c1CN(Cc1ccc(OCC(C)(F)F)nc1)C2=O. The second-order valence-electron chi connectivity index (χ2n) is 5.96. The van der Waals surface area contributed by atoms with E-state index in [9.17, 15) is 13.6 Å². The van der Waals surface area contributed by atoms with Crippen molar-refractivity contribution in [3.05, 3.63) is 47.3 Å². The van der Waals surface area contributed by atoms with Crippen LogP contribution in [-0.4, -0.2) is 40.4 Å². The zero-order valence-electron chi connectivity index (χ0n) is 13.9. The van der Waals surface area contributed by atoms with Crippen molar-refractivity contribution >= 4 is 11.7 Å². The van der Waals surface area contributed by atoms with Gasteiger partial charge in [0.15, 0.2) is 6.61 Å². The molecule has 1 amide bonds. The number of nitrogens with zero attached hydrogens (tertiary/aromatic N) is 3. The number of ether oxygens (including phenoxy) is 1. The minimum absolute atomic E-state index is 0.0696. The molecule has 25 heavy (non-hydrogen) atoms. The second-order valence-corrected chi connectivity index (χ2v) is 5.96. The highest BCUT2D eigenvalue weighted by Gasteiger charge is 2.29. The van der Waals surface area contributed by atoms with Gasteiger partial charge >= 0.3 is 0 Å². The molecule has 0 radical (unpaired) electrons. The number of anilines is 1. The molecule has 1 aliphatic heterocycles. The molecule has 0 bridgehead atoms. The summed E-state index contributed by atoms with van der Waals surface area (Å²) in [6.07, 6.45) is 3.12.